The first kappa shape index (κ1) is 22.2. The van der Waals surface area contributed by atoms with Gasteiger partial charge in [-0.3, -0.25) is 9.80 Å². The maximum absolute atomic E-state index is 12.0. The molecule has 0 atom stereocenters. The van der Waals surface area contributed by atoms with E-state index < -0.39 is 0 Å². The van der Waals surface area contributed by atoms with E-state index in [9.17, 15) is 4.79 Å². The lowest BCUT2D eigenvalue weighted by Gasteiger charge is -2.31. The van der Waals surface area contributed by atoms with E-state index in [1.54, 1.807) is 6.07 Å². The quantitative estimate of drug-likeness (QED) is 0.516. The highest BCUT2D eigenvalue weighted by Gasteiger charge is 2.25. The Morgan fingerprint density at radius 3 is 2.22 bits per heavy atom. The normalized spacial score (nSPS) is 15.4. The van der Waals surface area contributed by atoms with Crippen LogP contribution >= 0.6 is 0 Å². The molecule has 2 heterocycles. The van der Waals surface area contributed by atoms with Crippen LogP contribution in [0, 0.1) is 0 Å². The number of rotatable bonds is 7. The van der Waals surface area contributed by atoms with Gasteiger partial charge in [-0.1, -0.05) is 66.7 Å². The maximum atomic E-state index is 12.0. The highest BCUT2D eigenvalue weighted by Crippen LogP contribution is 2.29. The van der Waals surface area contributed by atoms with Gasteiger partial charge in [0.2, 0.25) is 0 Å². The zero-order chi connectivity index (χ0) is 22.2. The summed E-state index contributed by atoms with van der Waals surface area (Å²) in [6.07, 6.45) is 1.09. The summed E-state index contributed by atoms with van der Waals surface area (Å²) in [5, 5.41) is 0. The summed E-state index contributed by atoms with van der Waals surface area (Å²) < 4.78 is 5.10. The molecule has 0 saturated carbocycles. The Kier molecular flexibility index (Phi) is 7.64. The van der Waals surface area contributed by atoms with Crippen molar-refractivity contribution in [3.8, 4) is 0 Å². The molecule has 4 rings (SSSR count). The van der Waals surface area contributed by atoms with E-state index in [-0.39, 0.29) is 12.0 Å². The molecule has 0 spiro atoms. The van der Waals surface area contributed by atoms with E-state index in [1.165, 1.54) is 11.1 Å². The van der Waals surface area contributed by atoms with Crippen LogP contribution in [0.3, 0.4) is 0 Å². The number of hydrogen-bond acceptors (Lipinski definition) is 5. The topological polar surface area (TPSA) is 45.7 Å². The monoisotopic (exact) mass is 429 g/mol. The Hall–Kier alpha value is -3.02. The molecule has 0 radical (unpaired) electrons. The molecule has 0 amide bonds. The third-order valence-corrected chi connectivity index (χ3v) is 5.90. The molecule has 1 fully saturated rings. The first-order chi connectivity index (χ1) is 15.7. The highest BCUT2D eigenvalue weighted by atomic mass is 16.5. The van der Waals surface area contributed by atoms with Gasteiger partial charge in [-0.05, 0) is 43.1 Å². The lowest BCUT2D eigenvalue weighted by molar-refractivity contribution is 0.0519. The zero-order valence-corrected chi connectivity index (χ0v) is 18.7. The summed E-state index contributed by atoms with van der Waals surface area (Å²) >= 11 is 0. The van der Waals surface area contributed by atoms with Crippen molar-refractivity contribution in [2.45, 2.75) is 25.9 Å². The molecule has 1 aliphatic rings. The van der Waals surface area contributed by atoms with Crippen molar-refractivity contribution >= 4 is 5.97 Å². The van der Waals surface area contributed by atoms with Crippen molar-refractivity contribution in [3.63, 3.8) is 0 Å². The van der Waals surface area contributed by atoms with Gasteiger partial charge in [-0.25, -0.2) is 9.78 Å². The second-order valence-electron chi connectivity index (χ2n) is 8.12. The predicted octanol–water partition coefficient (Wildman–Crippen LogP) is 4.56. The maximum Gasteiger partial charge on any atom is 0.356 e. The van der Waals surface area contributed by atoms with E-state index in [0.29, 0.717) is 12.3 Å². The van der Waals surface area contributed by atoms with E-state index >= 15 is 0 Å². The molecule has 166 valence electrons. The number of esters is 1. The van der Waals surface area contributed by atoms with Crippen LogP contribution in [0.1, 0.15) is 46.7 Å². The number of ether oxygens (including phenoxy) is 1. The van der Waals surface area contributed by atoms with Crippen molar-refractivity contribution in [1.29, 1.82) is 0 Å². The second-order valence-corrected chi connectivity index (χ2v) is 8.12. The number of carbonyl (C=O) groups excluding carboxylic acids is 1. The second kappa shape index (κ2) is 11.0. The first-order valence-corrected chi connectivity index (χ1v) is 11.4. The fourth-order valence-corrected chi connectivity index (χ4v) is 4.41. The van der Waals surface area contributed by atoms with Crippen LogP contribution in [0.2, 0.25) is 0 Å². The molecule has 5 nitrogen and oxygen atoms in total. The summed E-state index contributed by atoms with van der Waals surface area (Å²) in [5.41, 5.74) is 3.95. The molecule has 3 aromatic rings. The molecule has 0 bridgehead atoms. The van der Waals surface area contributed by atoms with E-state index in [1.807, 2.05) is 19.1 Å². The zero-order valence-electron chi connectivity index (χ0n) is 18.7. The van der Waals surface area contributed by atoms with Crippen molar-refractivity contribution in [2.75, 3.05) is 32.8 Å². The molecule has 0 unspecified atom stereocenters. The minimum atomic E-state index is -0.357. The molecular weight excluding hydrogens is 398 g/mol. The summed E-state index contributed by atoms with van der Waals surface area (Å²) in [6.45, 7) is 6.90. The fourth-order valence-electron chi connectivity index (χ4n) is 4.41. The van der Waals surface area contributed by atoms with Crippen molar-refractivity contribution in [1.82, 2.24) is 14.8 Å². The fraction of sp³-hybridized carbons (Fsp3) is 0.333. The summed E-state index contributed by atoms with van der Waals surface area (Å²) in [7, 11) is 0. The van der Waals surface area contributed by atoms with Crippen LogP contribution in [0.5, 0.6) is 0 Å². The van der Waals surface area contributed by atoms with Crippen LogP contribution in [-0.2, 0) is 11.3 Å². The largest absolute Gasteiger partial charge is 0.461 e. The Bertz CT molecular complexity index is 955. The Morgan fingerprint density at radius 1 is 0.875 bits per heavy atom. The van der Waals surface area contributed by atoms with Gasteiger partial charge in [0.25, 0.3) is 0 Å². The number of aromatic nitrogens is 1. The van der Waals surface area contributed by atoms with Crippen LogP contribution in [-0.4, -0.2) is 53.5 Å². The van der Waals surface area contributed by atoms with Gasteiger partial charge in [0, 0.05) is 26.2 Å². The third-order valence-electron chi connectivity index (χ3n) is 5.90. The van der Waals surface area contributed by atoms with E-state index in [0.717, 1.165) is 44.8 Å². The van der Waals surface area contributed by atoms with Gasteiger partial charge in [0.15, 0.2) is 0 Å². The Morgan fingerprint density at radius 2 is 1.56 bits per heavy atom. The van der Waals surface area contributed by atoms with Gasteiger partial charge < -0.3 is 4.74 Å². The molecule has 1 saturated heterocycles. The predicted molar refractivity (Wildman–Crippen MR) is 126 cm³/mol. The van der Waals surface area contributed by atoms with Crippen LogP contribution < -0.4 is 0 Å². The average Bonchev–Trinajstić information content (AvgIpc) is 3.06. The molecule has 1 aromatic heterocycles. The van der Waals surface area contributed by atoms with Gasteiger partial charge in [0.1, 0.15) is 5.69 Å². The highest BCUT2D eigenvalue weighted by molar-refractivity contribution is 5.87. The molecular formula is C27H31N3O2. The third kappa shape index (κ3) is 5.61. The summed E-state index contributed by atoms with van der Waals surface area (Å²) in [5.74, 6) is -0.357. The summed E-state index contributed by atoms with van der Waals surface area (Å²) in [6, 6.07) is 27.4. The molecule has 1 aliphatic heterocycles. The molecule has 5 heteroatoms. The number of nitrogens with zero attached hydrogens (tertiary/aromatic N) is 3. The Balaban J connectivity index is 1.46. The van der Waals surface area contributed by atoms with Gasteiger partial charge in [-0.15, -0.1) is 0 Å². The number of benzene rings is 2. The van der Waals surface area contributed by atoms with E-state index in [4.69, 9.17) is 4.74 Å². The minimum absolute atomic E-state index is 0.252. The van der Waals surface area contributed by atoms with Crippen LogP contribution in [0.15, 0.2) is 78.9 Å². The van der Waals surface area contributed by atoms with Crippen LogP contribution in [0.25, 0.3) is 0 Å². The van der Waals surface area contributed by atoms with E-state index in [2.05, 4.69) is 75.4 Å². The van der Waals surface area contributed by atoms with Gasteiger partial charge in [0.05, 0.1) is 18.3 Å². The van der Waals surface area contributed by atoms with Crippen molar-refractivity contribution in [3.05, 3.63) is 101 Å². The standard InChI is InChI=1S/C27H31N3O2/c1-2-32-27(31)25-16-9-15-24(28-25)21-29-17-10-18-30(20-19-29)26(22-11-5-3-6-12-22)23-13-7-4-8-14-23/h3-9,11-16,26H,2,10,17-21H2,1H3. The number of pyridine rings is 1. The lowest BCUT2D eigenvalue weighted by Crippen LogP contribution is -2.34. The van der Waals surface area contributed by atoms with Crippen molar-refractivity contribution in [2.24, 2.45) is 0 Å². The van der Waals surface area contributed by atoms with Crippen molar-refractivity contribution < 1.29 is 9.53 Å². The first-order valence-electron chi connectivity index (χ1n) is 11.4. The molecule has 32 heavy (non-hydrogen) atoms. The number of hydrogen-bond donors (Lipinski definition) is 0. The van der Waals surface area contributed by atoms with Gasteiger partial charge in [-0.2, -0.15) is 0 Å². The average molecular weight is 430 g/mol. The van der Waals surface area contributed by atoms with Gasteiger partial charge >= 0.3 is 5.97 Å². The van der Waals surface area contributed by atoms with Crippen LogP contribution in [0.4, 0.5) is 0 Å². The summed E-state index contributed by atoms with van der Waals surface area (Å²) in [4.78, 5) is 21.6. The minimum Gasteiger partial charge on any atom is -0.461 e. The Labute approximate surface area is 190 Å². The SMILES string of the molecule is CCOC(=O)c1cccc(CN2CCCN(C(c3ccccc3)c3ccccc3)CC2)n1. The number of carbonyl (C=O) groups is 1. The lowest BCUT2D eigenvalue weighted by atomic mass is 9.97. The molecule has 0 aliphatic carbocycles. The molecule has 0 N–H and O–H groups in total. The molecule has 2 aromatic carbocycles. The smallest absolute Gasteiger partial charge is 0.356 e.